The fourth-order valence-electron chi connectivity index (χ4n) is 3.53. The number of hydrogen-bond acceptors (Lipinski definition) is 7. The van der Waals surface area contributed by atoms with Crippen LogP contribution in [0.4, 0.5) is 10.5 Å². The van der Waals surface area contributed by atoms with Crippen molar-refractivity contribution in [2.24, 2.45) is 0 Å². The maximum atomic E-state index is 13.3. The van der Waals surface area contributed by atoms with Crippen molar-refractivity contribution in [2.75, 3.05) is 12.0 Å². The van der Waals surface area contributed by atoms with Crippen LogP contribution in [0.2, 0.25) is 10.0 Å². The summed E-state index contributed by atoms with van der Waals surface area (Å²) in [6.45, 7) is 1.69. The first-order chi connectivity index (χ1) is 17.9. The Morgan fingerprint density at radius 1 is 0.974 bits per heavy atom. The van der Waals surface area contributed by atoms with Crippen LogP contribution in [0.25, 0.3) is 6.08 Å². The minimum absolute atomic E-state index is 0.00829. The van der Waals surface area contributed by atoms with Crippen molar-refractivity contribution in [3.8, 4) is 11.5 Å². The average Bonchev–Trinajstić information content (AvgIpc) is 2.85. The predicted octanol–water partition coefficient (Wildman–Crippen LogP) is 5.51. The topological polar surface area (TPSA) is 119 Å². The zero-order valence-electron chi connectivity index (χ0n) is 19.6. The number of urea groups is 1. The molecule has 4 rings (SSSR count). The molecule has 0 bridgehead atoms. The third-order valence-electron chi connectivity index (χ3n) is 5.37. The lowest BCUT2D eigenvalue weighted by molar-refractivity contribution is -0.122. The number of nitrogens with zero attached hydrogens (tertiary/aromatic N) is 1. The van der Waals surface area contributed by atoms with Crippen molar-refractivity contribution in [1.29, 1.82) is 0 Å². The van der Waals surface area contributed by atoms with Gasteiger partial charge in [0.05, 0.1) is 17.3 Å². The van der Waals surface area contributed by atoms with Gasteiger partial charge in [-0.15, -0.1) is 0 Å². The van der Waals surface area contributed by atoms with E-state index in [0.29, 0.717) is 15.6 Å². The molecule has 9 nitrogen and oxygen atoms in total. The van der Waals surface area contributed by atoms with Crippen molar-refractivity contribution in [3.63, 3.8) is 0 Å². The SMILES string of the molecule is COc1cc(/C=C2\C(=O)NC(=O)N(c3cc(Cl)ccc3C)C2=O)cc(Br)c1OS(=O)(=O)c1ccc(Cl)cc1. The number of aryl methyl sites for hydroxylation is 1. The van der Waals surface area contributed by atoms with Gasteiger partial charge in [0.25, 0.3) is 11.8 Å². The molecule has 196 valence electrons. The van der Waals surface area contributed by atoms with E-state index in [9.17, 15) is 22.8 Å². The molecule has 1 N–H and O–H groups in total. The third kappa shape index (κ3) is 5.56. The van der Waals surface area contributed by atoms with E-state index in [1.54, 1.807) is 19.1 Å². The monoisotopic (exact) mass is 638 g/mol. The second kappa shape index (κ2) is 10.8. The molecule has 0 aromatic heterocycles. The molecule has 1 heterocycles. The smallest absolute Gasteiger partial charge is 0.339 e. The molecule has 1 aliphatic heterocycles. The van der Waals surface area contributed by atoms with Gasteiger partial charge in [-0.2, -0.15) is 8.42 Å². The van der Waals surface area contributed by atoms with Gasteiger partial charge in [0, 0.05) is 10.0 Å². The Morgan fingerprint density at radius 2 is 1.63 bits per heavy atom. The molecule has 1 saturated heterocycles. The molecular weight excluding hydrogens is 623 g/mol. The van der Waals surface area contributed by atoms with Gasteiger partial charge in [0.15, 0.2) is 11.5 Å². The normalized spacial score (nSPS) is 15.0. The second-order valence-electron chi connectivity index (χ2n) is 7.91. The summed E-state index contributed by atoms with van der Waals surface area (Å²) in [6.07, 6.45) is 1.24. The molecule has 0 radical (unpaired) electrons. The largest absolute Gasteiger partial charge is 0.493 e. The van der Waals surface area contributed by atoms with Gasteiger partial charge in [-0.3, -0.25) is 14.9 Å². The van der Waals surface area contributed by atoms with Crippen LogP contribution in [0.3, 0.4) is 0 Å². The number of anilines is 1. The second-order valence-corrected chi connectivity index (χ2v) is 11.2. The molecule has 1 fully saturated rings. The van der Waals surface area contributed by atoms with Crippen LogP contribution >= 0.6 is 39.1 Å². The number of rotatable bonds is 6. The molecule has 0 spiro atoms. The number of halogens is 3. The Morgan fingerprint density at radius 3 is 2.29 bits per heavy atom. The zero-order valence-corrected chi connectivity index (χ0v) is 23.5. The number of benzene rings is 3. The van der Waals surface area contributed by atoms with Crippen LogP contribution in [0.5, 0.6) is 11.5 Å². The van der Waals surface area contributed by atoms with Crippen LogP contribution in [0, 0.1) is 6.92 Å². The summed E-state index contributed by atoms with van der Waals surface area (Å²) in [5.74, 6) is -1.94. The molecule has 1 aliphatic rings. The predicted molar refractivity (Wildman–Crippen MR) is 145 cm³/mol. The van der Waals surface area contributed by atoms with Crippen molar-refractivity contribution in [1.82, 2.24) is 5.32 Å². The molecule has 3 aromatic carbocycles. The quantitative estimate of drug-likeness (QED) is 0.215. The lowest BCUT2D eigenvalue weighted by atomic mass is 10.1. The van der Waals surface area contributed by atoms with Gasteiger partial charge < -0.3 is 8.92 Å². The van der Waals surface area contributed by atoms with E-state index in [-0.39, 0.29) is 37.7 Å². The molecule has 3 aromatic rings. The van der Waals surface area contributed by atoms with Gasteiger partial charge in [0.2, 0.25) is 0 Å². The summed E-state index contributed by atoms with van der Waals surface area (Å²) in [4.78, 5) is 39.1. The lowest BCUT2D eigenvalue weighted by Crippen LogP contribution is -2.54. The van der Waals surface area contributed by atoms with Crippen LogP contribution in [-0.2, 0) is 19.7 Å². The minimum Gasteiger partial charge on any atom is -0.493 e. The highest BCUT2D eigenvalue weighted by atomic mass is 79.9. The number of hydrogen-bond donors (Lipinski definition) is 1. The first-order valence-electron chi connectivity index (χ1n) is 10.7. The maximum absolute atomic E-state index is 13.3. The van der Waals surface area contributed by atoms with E-state index in [1.165, 1.54) is 55.7 Å². The fourth-order valence-corrected chi connectivity index (χ4v) is 5.43. The molecule has 0 saturated carbocycles. The Hall–Kier alpha value is -3.38. The Balaban J connectivity index is 1.72. The molecule has 0 unspecified atom stereocenters. The van der Waals surface area contributed by atoms with Gasteiger partial charge in [-0.25, -0.2) is 9.69 Å². The maximum Gasteiger partial charge on any atom is 0.339 e. The number of imide groups is 2. The highest BCUT2D eigenvalue weighted by Gasteiger charge is 2.37. The highest BCUT2D eigenvalue weighted by Crippen LogP contribution is 2.39. The van der Waals surface area contributed by atoms with Crippen molar-refractivity contribution in [3.05, 3.63) is 85.8 Å². The Kier molecular flexibility index (Phi) is 7.84. The molecule has 0 aliphatic carbocycles. The number of carbonyl (C=O) groups is 3. The average molecular weight is 640 g/mol. The summed E-state index contributed by atoms with van der Waals surface area (Å²) in [5.41, 5.74) is 0.730. The van der Waals surface area contributed by atoms with Crippen molar-refractivity contribution in [2.45, 2.75) is 11.8 Å². The Labute approximate surface area is 236 Å². The number of nitrogens with one attached hydrogen (secondary N) is 1. The molecule has 38 heavy (non-hydrogen) atoms. The van der Waals surface area contributed by atoms with Crippen LogP contribution < -0.4 is 19.1 Å². The van der Waals surface area contributed by atoms with Gasteiger partial charge >= 0.3 is 16.1 Å². The minimum atomic E-state index is -4.25. The van der Waals surface area contributed by atoms with Crippen LogP contribution in [0.1, 0.15) is 11.1 Å². The van der Waals surface area contributed by atoms with E-state index in [1.807, 2.05) is 0 Å². The van der Waals surface area contributed by atoms with Crippen LogP contribution in [0.15, 0.2) is 69.5 Å². The number of ether oxygens (including phenoxy) is 1. The van der Waals surface area contributed by atoms with Crippen molar-refractivity contribution < 1.29 is 31.7 Å². The Bertz CT molecular complexity index is 1620. The van der Waals surface area contributed by atoms with E-state index >= 15 is 0 Å². The van der Waals surface area contributed by atoms with E-state index in [4.69, 9.17) is 32.1 Å². The van der Waals surface area contributed by atoms with E-state index in [0.717, 1.165) is 4.90 Å². The zero-order chi connectivity index (χ0) is 27.8. The van der Waals surface area contributed by atoms with Gasteiger partial charge in [0.1, 0.15) is 10.5 Å². The highest BCUT2D eigenvalue weighted by molar-refractivity contribution is 9.10. The standard InChI is InChI=1S/C25H17BrCl2N2O7S/c1-13-3-4-16(28)12-20(13)30-24(32)18(23(31)29-25(30)33)9-14-10-19(26)22(21(11-14)36-2)37-38(34,35)17-7-5-15(27)6-8-17/h3-12H,1-2H3,(H,29,31,33)/b18-9+. The molecular formula is C25H17BrCl2N2O7S. The summed E-state index contributed by atoms with van der Waals surface area (Å²) >= 11 is 15.1. The van der Waals surface area contributed by atoms with Gasteiger partial charge in [-0.05, 0) is 88.6 Å². The number of barbiturate groups is 1. The van der Waals surface area contributed by atoms with Crippen molar-refractivity contribution >= 4 is 78.9 Å². The van der Waals surface area contributed by atoms with E-state index in [2.05, 4.69) is 21.2 Å². The summed E-state index contributed by atoms with van der Waals surface area (Å²) in [6, 6.07) is 12.0. The van der Waals surface area contributed by atoms with Crippen LogP contribution in [-0.4, -0.2) is 33.4 Å². The molecule has 13 heteroatoms. The lowest BCUT2D eigenvalue weighted by Gasteiger charge is -2.27. The molecule has 0 atom stereocenters. The first kappa shape index (κ1) is 27.6. The number of carbonyl (C=O) groups excluding carboxylic acids is 3. The third-order valence-corrected chi connectivity index (χ3v) is 7.68. The van der Waals surface area contributed by atoms with Gasteiger partial charge in [-0.1, -0.05) is 29.3 Å². The summed E-state index contributed by atoms with van der Waals surface area (Å²) in [5, 5.41) is 2.79. The summed E-state index contributed by atoms with van der Waals surface area (Å²) in [7, 11) is -2.96. The molecule has 4 amide bonds. The summed E-state index contributed by atoms with van der Waals surface area (Å²) < 4.78 is 36.3. The number of methoxy groups -OCH3 is 1. The number of amides is 4. The fraction of sp³-hybridized carbons (Fsp3) is 0.0800. The van der Waals surface area contributed by atoms with E-state index < -0.39 is 28.0 Å². The first-order valence-corrected chi connectivity index (χ1v) is 13.6.